The SMILES string of the molecule is CC1(C)C2=Cc3c(-c4ccccc4)cccc3[CH]2[Hf]([CH3])([CH3])[CH]2C1=Cc1c(-c3ccccc3)cccc12. The minimum atomic E-state index is -2.96. The van der Waals surface area contributed by atoms with Crippen LogP contribution in [0.5, 0.6) is 0 Å². The van der Waals surface area contributed by atoms with Gasteiger partial charge in [-0.25, -0.2) is 0 Å². The maximum absolute atomic E-state index is 2.96. The summed E-state index contributed by atoms with van der Waals surface area (Å²) in [6.45, 7) is 4.99. The summed E-state index contributed by atoms with van der Waals surface area (Å²) in [7, 11) is 0. The summed E-state index contributed by atoms with van der Waals surface area (Å²) in [5, 5.41) is 0. The molecule has 4 aromatic rings. The van der Waals surface area contributed by atoms with Gasteiger partial charge in [-0.15, -0.1) is 0 Å². The quantitative estimate of drug-likeness (QED) is 0.193. The Balaban J connectivity index is 1.44. The summed E-state index contributed by atoms with van der Waals surface area (Å²) in [6.07, 6.45) is 5.20. The molecular weight excluding hydrogens is 599 g/mol. The fraction of sp³-hybridized carbons (Fsp3) is 0.200. The van der Waals surface area contributed by atoms with Crippen molar-refractivity contribution >= 4 is 12.2 Å². The van der Waals surface area contributed by atoms with E-state index in [1.165, 1.54) is 33.4 Å². The zero-order chi connectivity index (χ0) is 24.7. The number of hydrogen-bond donors (Lipinski definition) is 0. The van der Waals surface area contributed by atoms with Crippen LogP contribution in [0.15, 0.2) is 108 Å². The van der Waals surface area contributed by atoms with Crippen LogP contribution in [-0.4, -0.2) is 0 Å². The molecule has 3 aliphatic rings. The molecule has 0 N–H and O–H groups in total. The van der Waals surface area contributed by atoms with E-state index in [1.807, 2.05) is 0 Å². The summed E-state index contributed by atoms with van der Waals surface area (Å²) in [5.74, 6) is 0. The normalized spacial score (nSPS) is 22.1. The van der Waals surface area contributed by atoms with E-state index < -0.39 is 20.0 Å². The Morgan fingerprint density at radius 1 is 0.528 bits per heavy atom. The van der Waals surface area contributed by atoms with E-state index in [9.17, 15) is 0 Å². The van der Waals surface area contributed by atoms with Crippen LogP contribution in [0.25, 0.3) is 34.4 Å². The Morgan fingerprint density at radius 3 is 1.36 bits per heavy atom. The second-order valence-corrected chi connectivity index (χ2v) is 29.1. The van der Waals surface area contributed by atoms with Crippen molar-refractivity contribution in [1.29, 1.82) is 0 Å². The number of rotatable bonds is 2. The standard InChI is InChI=1S/C33H26.2CH3.Hf/c1-33(2,27-19-25-15-9-17-29(31(25)21-27)23-11-5-3-6-12-23)28-20-26-16-10-18-30(32(26)22-28)24-13-7-4-8-14-24;;;/h3-22H,1-2H3;2*1H3;. The molecule has 7 rings (SSSR count). The summed E-state index contributed by atoms with van der Waals surface area (Å²) < 4.78 is 6.71. The Morgan fingerprint density at radius 2 is 0.944 bits per heavy atom. The molecule has 0 amide bonds. The van der Waals surface area contributed by atoms with Crippen LogP contribution in [0.3, 0.4) is 0 Å². The molecule has 2 atom stereocenters. The van der Waals surface area contributed by atoms with E-state index in [2.05, 4.69) is 132 Å². The first-order chi connectivity index (χ1) is 17.4. The fourth-order valence-corrected chi connectivity index (χ4v) is 25.3. The Hall–Kier alpha value is -2.77. The molecular formula is C35H32Hf. The van der Waals surface area contributed by atoms with Crippen LogP contribution in [0, 0.1) is 5.41 Å². The number of allylic oxidation sites excluding steroid dienone is 2. The zero-order valence-electron chi connectivity index (χ0n) is 21.5. The predicted octanol–water partition coefficient (Wildman–Crippen LogP) is 9.89. The first-order valence-corrected chi connectivity index (χ1v) is 24.5. The molecule has 0 spiro atoms. The van der Waals surface area contributed by atoms with Crippen molar-refractivity contribution in [1.82, 2.24) is 0 Å². The third-order valence-electron chi connectivity index (χ3n) is 9.22. The molecule has 0 saturated carbocycles. The summed E-state index contributed by atoms with van der Waals surface area (Å²) in [5.41, 5.74) is 15.0. The first-order valence-electron chi connectivity index (χ1n) is 13.2. The van der Waals surface area contributed by atoms with Crippen LogP contribution >= 0.6 is 0 Å². The average Bonchev–Trinajstić information content (AvgIpc) is 3.50. The topological polar surface area (TPSA) is 0 Å². The summed E-state index contributed by atoms with van der Waals surface area (Å²) >= 11 is -2.96. The van der Waals surface area contributed by atoms with Crippen molar-refractivity contribution in [3.8, 4) is 22.3 Å². The molecule has 2 unspecified atom stereocenters. The van der Waals surface area contributed by atoms with E-state index in [0.717, 1.165) is 0 Å². The maximum atomic E-state index is 2.73. The van der Waals surface area contributed by atoms with Gasteiger partial charge in [0.25, 0.3) is 0 Å². The molecule has 2 aliphatic carbocycles. The van der Waals surface area contributed by atoms with E-state index in [4.69, 9.17) is 0 Å². The van der Waals surface area contributed by atoms with Crippen LogP contribution in [0.4, 0.5) is 0 Å². The van der Waals surface area contributed by atoms with Crippen molar-refractivity contribution in [3.63, 3.8) is 0 Å². The van der Waals surface area contributed by atoms with E-state index in [1.54, 1.807) is 22.3 Å². The monoisotopic (exact) mass is 632 g/mol. The third kappa shape index (κ3) is 3.02. The molecule has 1 saturated heterocycles. The molecule has 0 bridgehead atoms. The molecule has 0 radical (unpaired) electrons. The molecule has 1 aliphatic heterocycles. The number of benzene rings is 4. The second-order valence-electron chi connectivity index (χ2n) is 11.9. The molecule has 1 heteroatoms. The van der Waals surface area contributed by atoms with Gasteiger partial charge in [-0.1, -0.05) is 0 Å². The van der Waals surface area contributed by atoms with Crippen molar-refractivity contribution in [3.05, 3.63) is 130 Å². The van der Waals surface area contributed by atoms with E-state index in [0.29, 0.717) is 7.35 Å². The summed E-state index contributed by atoms with van der Waals surface area (Å²) in [4.78, 5) is 0. The van der Waals surface area contributed by atoms with Gasteiger partial charge < -0.3 is 0 Å². The third-order valence-corrected chi connectivity index (χ3v) is 24.4. The fourth-order valence-electron chi connectivity index (χ4n) is 7.56. The van der Waals surface area contributed by atoms with Gasteiger partial charge in [0.2, 0.25) is 0 Å². The Kier molecular flexibility index (Phi) is 4.90. The molecule has 4 aromatic carbocycles. The first kappa shape index (κ1) is 22.4. The van der Waals surface area contributed by atoms with Gasteiger partial charge in [-0.2, -0.15) is 0 Å². The van der Waals surface area contributed by atoms with Crippen molar-refractivity contribution in [2.75, 3.05) is 0 Å². The van der Waals surface area contributed by atoms with E-state index in [-0.39, 0.29) is 5.41 Å². The molecule has 1 fully saturated rings. The van der Waals surface area contributed by atoms with Gasteiger partial charge in [0, 0.05) is 0 Å². The molecule has 36 heavy (non-hydrogen) atoms. The zero-order valence-corrected chi connectivity index (χ0v) is 25.1. The van der Waals surface area contributed by atoms with E-state index >= 15 is 0 Å². The van der Waals surface area contributed by atoms with Gasteiger partial charge in [-0.05, 0) is 0 Å². The van der Waals surface area contributed by atoms with Crippen LogP contribution in [0.1, 0.15) is 43.5 Å². The molecule has 176 valence electrons. The second kappa shape index (κ2) is 7.86. The molecule has 1 heterocycles. The van der Waals surface area contributed by atoms with Crippen molar-refractivity contribution < 1.29 is 20.0 Å². The van der Waals surface area contributed by atoms with Gasteiger partial charge in [0.05, 0.1) is 0 Å². The van der Waals surface area contributed by atoms with Crippen molar-refractivity contribution in [2.45, 2.75) is 30.6 Å². The van der Waals surface area contributed by atoms with Gasteiger partial charge >= 0.3 is 221 Å². The Bertz CT molecular complexity index is 1450. The van der Waals surface area contributed by atoms with Crippen LogP contribution in [0.2, 0.25) is 9.36 Å². The average molecular weight is 631 g/mol. The van der Waals surface area contributed by atoms with Gasteiger partial charge in [-0.3, -0.25) is 0 Å². The van der Waals surface area contributed by atoms with Crippen molar-refractivity contribution in [2.24, 2.45) is 5.41 Å². The Labute approximate surface area is 219 Å². The number of hydrogen-bond acceptors (Lipinski definition) is 0. The molecule has 0 nitrogen and oxygen atoms in total. The minimum absolute atomic E-state index is 0.0464. The van der Waals surface area contributed by atoms with Gasteiger partial charge in [0.1, 0.15) is 0 Å². The summed E-state index contributed by atoms with van der Waals surface area (Å²) in [6, 6.07) is 36.0. The predicted molar refractivity (Wildman–Crippen MR) is 151 cm³/mol. The van der Waals surface area contributed by atoms with Crippen LogP contribution in [-0.2, 0) is 20.0 Å². The van der Waals surface area contributed by atoms with Gasteiger partial charge in [0.15, 0.2) is 0 Å². The number of fused-ring (bicyclic) bond motifs is 6. The molecule has 0 aromatic heterocycles. The van der Waals surface area contributed by atoms with Crippen LogP contribution < -0.4 is 0 Å².